The van der Waals surface area contributed by atoms with Crippen LogP contribution in [0, 0.1) is 0 Å². The van der Waals surface area contributed by atoms with Crippen molar-refractivity contribution < 1.29 is 22.7 Å². The highest BCUT2D eigenvalue weighted by molar-refractivity contribution is 7.92. The standard InChI is InChI=1S/C26H26Cl2N4O5S/c1-30(2)26(34)32-15-13-31(14-16-32)25(33)21-17-18(27)7-12-23(21)29-38(35,36)20-10-8-19(9-11-20)37-24-6-4-3-5-22(24)28/h3-12,17,29H,13-16H2,1-2H3. The molecular weight excluding hydrogens is 551 g/mol. The van der Waals surface area contributed by atoms with E-state index in [2.05, 4.69) is 4.72 Å². The molecule has 1 N–H and O–H groups in total. The van der Waals surface area contributed by atoms with Crippen molar-refractivity contribution in [2.24, 2.45) is 0 Å². The Bertz CT molecular complexity index is 1440. The van der Waals surface area contributed by atoms with E-state index in [-0.39, 0.29) is 28.1 Å². The van der Waals surface area contributed by atoms with Crippen LogP contribution >= 0.6 is 23.2 Å². The maximum absolute atomic E-state index is 13.3. The normalized spacial score (nSPS) is 13.7. The molecule has 9 nitrogen and oxygen atoms in total. The molecule has 0 aromatic heterocycles. The summed E-state index contributed by atoms with van der Waals surface area (Å²) in [5, 5.41) is 0.718. The molecule has 1 heterocycles. The van der Waals surface area contributed by atoms with Gasteiger partial charge in [0.15, 0.2) is 0 Å². The largest absolute Gasteiger partial charge is 0.456 e. The van der Waals surface area contributed by atoms with Crippen molar-refractivity contribution in [2.75, 3.05) is 45.0 Å². The summed E-state index contributed by atoms with van der Waals surface area (Å²) in [6.07, 6.45) is 0. The predicted molar refractivity (Wildman–Crippen MR) is 147 cm³/mol. The summed E-state index contributed by atoms with van der Waals surface area (Å²) in [5.74, 6) is 0.469. The summed E-state index contributed by atoms with van der Waals surface area (Å²) in [4.78, 5) is 30.2. The van der Waals surface area contributed by atoms with Crippen molar-refractivity contribution in [3.05, 3.63) is 82.3 Å². The van der Waals surface area contributed by atoms with Crippen LogP contribution < -0.4 is 9.46 Å². The van der Waals surface area contributed by atoms with Crippen molar-refractivity contribution >= 4 is 50.9 Å². The molecule has 4 rings (SSSR count). The van der Waals surface area contributed by atoms with Gasteiger partial charge in [0, 0.05) is 45.3 Å². The first-order chi connectivity index (χ1) is 18.0. The number of piperazine rings is 1. The summed E-state index contributed by atoms with van der Waals surface area (Å²) < 4.78 is 34.6. The van der Waals surface area contributed by atoms with Crippen LogP contribution in [0.3, 0.4) is 0 Å². The number of halogens is 2. The van der Waals surface area contributed by atoms with Crippen molar-refractivity contribution in [2.45, 2.75) is 4.90 Å². The highest BCUT2D eigenvalue weighted by atomic mass is 35.5. The molecule has 3 aromatic rings. The van der Waals surface area contributed by atoms with Crippen LogP contribution in [0.25, 0.3) is 0 Å². The summed E-state index contributed by atoms with van der Waals surface area (Å²) in [5.41, 5.74) is 0.217. The lowest BCUT2D eigenvalue weighted by Crippen LogP contribution is -2.52. The van der Waals surface area contributed by atoms with Crippen LogP contribution in [0.2, 0.25) is 10.0 Å². The van der Waals surface area contributed by atoms with Gasteiger partial charge in [0.25, 0.3) is 15.9 Å². The van der Waals surface area contributed by atoms with Crippen molar-refractivity contribution in [1.82, 2.24) is 14.7 Å². The SMILES string of the molecule is CN(C)C(=O)N1CCN(C(=O)c2cc(Cl)ccc2NS(=O)(=O)c2ccc(Oc3ccccc3Cl)cc2)CC1. The molecule has 0 aliphatic carbocycles. The maximum Gasteiger partial charge on any atom is 0.319 e. The molecule has 12 heteroatoms. The molecule has 0 atom stereocenters. The van der Waals surface area contributed by atoms with Gasteiger partial charge in [0.1, 0.15) is 11.5 Å². The van der Waals surface area contributed by atoms with Crippen LogP contribution in [-0.4, -0.2) is 75.3 Å². The number of carbonyl (C=O) groups is 2. The molecule has 0 bridgehead atoms. The molecule has 1 aliphatic heterocycles. The first kappa shape index (κ1) is 27.6. The second-order valence-corrected chi connectivity index (χ2v) is 11.3. The third-order valence-electron chi connectivity index (χ3n) is 5.87. The van der Waals surface area contributed by atoms with Gasteiger partial charge in [-0.05, 0) is 54.6 Å². The topological polar surface area (TPSA) is 99.3 Å². The van der Waals surface area contributed by atoms with Gasteiger partial charge in [-0.3, -0.25) is 9.52 Å². The number of hydrogen-bond donors (Lipinski definition) is 1. The molecule has 200 valence electrons. The van der Waals surface area contributed by atoms with Crippen molar-refractivity contribution in [1.29, 1.82) is 0 Å². The Morgan fingerprint density at radius 3 is 2.16 bits per heavy atom. The van der Waals surface area contributed by atoms with Crippen LogP contribution in [0.5, 0.6) is 11.5 Å². The lowest BCUT2D eigenvalue weighted by atomic mass is 10.1. The molecule has 1 fully saturated rings. The van der Waals surface area contributed by atoms with Crippen LogP contribution in [0.4, 0.5) is 10.5 Å². The summed E-state index contributed by atoms with van der Waals surface area (Å²) in [7, 11) is -0.703. The average Bonchev–Trinajstić information content (AvgIpc) is 2.90. The number of nitrogens with one attached hydrogen (secondary N) is 1. The average molecular weight is 577 g/mol. The van der Waals surface area contributed by atoms with E-state index in [9.17, 15) is 18.0 Å². The Labute approximate surface area is 231 Å². The van der Waals surface area contributed by atoms with Crippen molar-refractivity contribution in [3.8, 4) is 11.5 Å². The van der Waals surface area contributed by atoms with Gasteiger partial charge in [0.2, 0.25) is 0 Å². The molecule has 3 amide bonds. The molecule has 38 heavy (non-hydrogen) atoms. The highest BCUT2D eigenvalue weighted by Gasteiger charge is 2.28. The fraction of sp³-hybridized carbons (Fsp3) is 0.231. The minimum atomic E-state index is -4.04. The number of carbonyl (C=O) groups excluding carboxylic acids is 2. The Balaban J connectivity index is 1.49. The van der Waals surface area contributed by atoms with E-state index in [0.29, 0.717) is 47.7 Å². The molecule has 3 aromatic carbocycles. The Hall–Kier alpha value is -3.47. The third-order valence-corrected chi connectivity index (χ3v) is 7.80. The number of sulfonamides is 1. The summed E-state index contributed by atoms with van der Waals surface area (Å²) in [6, 6.07) is 17.0. The van der Waals surface area contributed by atoms with E-state index >= 15 is 0 Å². The zero-order valence-electron chi connectivity index (χ0n) is 20.7. The zero-order valence-corrected chi connectivity index (χ0v) is 23.1. The third kappa shape index (κ3) is 6.32. The molecule has 1 aliphatic rings. The Kier molecular flexibility index (Phi) is 8.35. The van der Waals surface area contributed by atoms with Gasteiger partial charge in [-0.15, -0.1) is 0 Å². The van der Waals surface area contributed by atoms with Gasteiger partial charge in [-0.2, -0.15) is 0 Å². The molecule has 0 saturated carbocycles. The number of nitrogens with zero attached hydrogens (tertiary/aromatic N) is 3. The van der Waals surface area contributed by atoms with E-state index in [1.807, 2.05) is 0 Å². The fourth-order valence-electron chi connectivity index (χ4n) is 3.88. The van der Waals surface area contributed by atoms with Gasteiger partial charge in [-0.1, -0.05) is 35.3 Å². The van der Waals surface area contributed by atoms with Gasteiger partial charge in [0.05, 0.1) is 21.2 Å². The highest BCUT2D eigenvalue weighted by Crippen LogP contribution is 2.30. The minimum absolute atomic E-state index is 0.0202. The molecule has 1 saturated heterocycles. The Morgan fingerprint density at radius 1 is 0.895 bits per heavy atom. The zero-order chi connectivity index (χ0) is 27.4. The van der Waals surface area contributed by atoms with Gasteiger partial charge in [-0.25, -0.2) is 13.2 Å². The molecular formula is C26H26Cl2N4O5S. The first-order valence-electron chi connectivity index (χ1n) is 11.7. The fourth-order valence-corrected chi connectivity index (χ4v) is 5.31. The predicted octanol–water partition coefficient (Wildman–Crippen LogP) is 5.03. The van der Waals surface area contributed by atoms with E-state index in [1.54, 1.807) is 48.2 Å². The first-order valence-corrected chi connectivity index (χ1v) is 13.9. The number of hydrogen-bond acceptors (Lipinski definition) is 5. The van der Waals surface area contributed by atoms with E-state index in [0.717, 1.165) is 0 Å². The number of ether oxygens (including phenoxy) is 1. The number of urea groups is 1. The van der Waals surface area contributed by atoms with E-state index < -0.39 is 10.0 Å². The number of rotatable bonds is 6. The maximum atomic E-state index is 13.3. The quantitative estimate of drug-likeness (QED) is 0.444. The molecule has 0 spiro atoms. The van der Waals surface area contributed by atoms with E-state index in [1.165, 1.54) is 47.4 Å². The monoisotopic (exact) mass is 576 g/mol. The van der Waals surface area contributed by atoms with Gasteiger partial charge < -0.3 is 19.4 Å². The number of benzene rings is 3. The minimum Gasteiger partial charge on any atom is -0.456 e. The second-order valence-electron chi connectivity index (χ2n) is 8.76. The molecule has 0 radical (unpaired) electrons. The summed E-state index contributed by atoms with van der Waals surface area (Å²) in [6.45, 7) is 1.36. The van der Waals surface area contributed by atoms with E-state index in [4.69, 9.17) is 27.9 Å². The van der Waals surface area contributed by atoms with Crippen molar-refractivity contribution in [3.63, 3.8) is 0 Å². The van der Waals surface area contributed by atoms with Crippen LogP contribution in [0.1, 0.15) is 10.4 Å². The molecule has 0 unspecified atom stereocenters. The van der Waals surface area contributed by atoms with Crippen LogP contribution in [-0.2, 0) is 10.0 Å². The smallest absolute Gasteiger partial charge is 0.319 e. The van der Waals surface area contributed by atoms with Gasteiger partial charge >= 0.3 is 6.03 Å². The second kappa shape index (κ2) is 11.5. The van der Waals surface area contributed by atoms with Crippen LogP contribution in [0.15, 0.2) is 71.6 Å². The summed E-state index contributed by atoms with van der Waals surface area (Å²) >= 11 is 12.3. The number of amides is 3. The lowest BCUT2D eigenvalue weighted by molar-refractivity contribution is 0.0651. The Morgan fingerprint density at radius 2 is 1.53 bits per heavy atom. The number of anilines is 1. The lowest BCUT2D eigenvalue weighted by Gasteiger charge is -2.36. The number of para-hydroxylation sites is 1.